The number of nitrogens with one attached hydrogen (secondary N) is 2. The van der Waals surface area contributed by atoms with Gasteiger partial charge in [0.15, 0.2) is 0 Å². The minimum atomic E-state index is -0.526. The number of hydrogen-bond donors (Lipinski definition) is 3. The van der Waals surface area contributed by atoms with Crippen molar-refractivity contribution in [1.29, 1.82) is 0 Å². The Hall–Kier alpha value is -2.28. The molecule has 2 rings (SSSR count). The van der Waals surface area contributed by atoms with Crippen LogP contribution in [-0.4, -0.2) is 67.1 Å². The zero-order valence-electron chi connectivity index (χ0n) is 15.0. The third-order valence-corrected chi connectivity index (χ3v) is 4.28. The van der Waals surface area contributed by atoms with Crippen molar-refractivity contribution in [2.45, 2.75) is 26.3 Å². The highest BCUT2D eigenvalue weighted by Gasteiger charge is 2.22. The van der Waals surface area contributed by atoms with Crippen LogP contribution in [0.5, 0.6) is 5.75 Å². The zero-order chi connectivity index (χ0) is 18.2. The maximum atomic E-state index is 12.1. The molecule has 3 N–H and O–H groups in total. The fraction of sp³-hybridized carbons (Fsp3) is 0.556. The molecule has 138 valence electrons. The lowest BCUT2D eigenvalue weighted by Gasteiger charge is -2.36. The van der Waals surface area contributed by atoms with Crippen molar-refractivity contribution in [3.05, 3.63) is 24.3 Å². The molecule has 1 aliphatic heterocycles. The number of amides is 2. The molecule has 0 aromatic heterocycles. The number of hydrogen-bond acceptors (Lipinski definition) is 5. The predicted molar refractivity (Wildman–Crippen MR) is 97.7 cm³/mol. The average molecular weight is 348 g/mol. The van der Waals surface area contributed by atoms with Crippen LogP contribution in [0.1, 0.15) is 20.3 Å². The normalized spacial score (nSPS) is 16.3. The van der Waals surface area contributed by atoms with Gasteiger partial charge >= 0.3 is 0 Å². The number of aromatic hydroxyl groups is 1. The number of piperazine rings is 1. The molecule has 0 unspecified atom stereocenters. The first-order chi connectivity index (χ1) is 12.0. The second kappa shape index (κ2) is 9.27. The van der Waals surface area contributed by atoms with Crippen LogP contribution < -0.4 is 15.5 Å². The van der Waals surface area contributed by atoms with Crippen LogP contribution in [0.15, 0.2) is 24.3 Å². The summed E-state index contributed by atoms with van der Waals surface area (Å²) >= 11 is 0. The Morgan fingerprint density at radius 3 is 2.52 bits per heavy atom. The second-order valence-electron chi connectivity index (χ2n) is 6.33. The van der Waals surface area contributed by atoms with Crippen molar-refractivity contribution in [2.75, 3.05) is 44.2 Å². The minimum absolute atomic E-state index is 0.143. The Morgan fingerprint density at radius 1 is 1.20 bits per heavy atom. The van der Waals surface area contributed by atoms with Crippen molar-refractivity contribution in [3.8, 4) is 5.75 Å². The SMILES string of the molecule is CCCNC(=O)[C@@H](C)NC(=O)CN1CCN(c2ccccc2O)CC1. The van der Waals surface area contributed by atoms with Gasteiger partial charge < -0.3 is 20.6 Å². The molecule has 1 aromatic carbocycles. The van der Waals surface area contributed by atoms with Gasteiger partial charge in [-0.3, -0.25) is 14.5 Å². The summed E-state index contributed by atoms with van der Waals surface area (Å²) in [6, 6.07) is 6.76. The molecular formula is C18H28N4O3. The van der Waals surface area contributed by atoms with E-state index in [2.05, 4.69) is 20.4 Å². The van der Waals surface area contributed by atoms with E-state index in [-0.39, 0.29) is 24.1 Å². The van der Waals surface area contributed by atoms with E-state index in [0.29, 0.717) is 6.54 Å². The van der Waals surface area contributed by atoms with E-state index in [4.69, 9.17) is 0 Å². The molecule has 1 heterocycles. The summed E-state index contributed by atoms with van der Waals surface area (Å²) in [6.07, 6.45) is 0.869. The molecule has 1 saturated heterocycles. The molecule has 0 radical (unpaired) electrons. The molecule has 7 heteroatoms. The Morgan fingerprint density at radius 2 is 1.88 bits per heavy atom. The van der Waals surface area contributed by atoms with Gasteiger partial charge in [-0.1, -0.05) is 19.1 Å². The predicted octanol–water partition coefficient (Wildman–Crippen LogP) is 0.545. The standard InChI is InChI=1S/C18H28N4O3/c1-3-8-19-18(25)14(2)20-17(24)13-21-9-11-22(12-10-21)15-6-4-5-7-16(15)23/h4-7,14,23H,3,8-13H2,1-2H3,(H,19,25)(H,20,24)/t14-/m1/s1. The Balaban J connectivity index is 1.75. The highest BCUT2D eigenvalue weighted by Crippen LogP contribution is 2.27. The first kappa shape index (κ1) is 19.1. The highest BCUT2D eigenvalue weighted by molar-refractivity contribution is 5.87. The molecule has 25 heavy (non-hydrogen) atoms. The molecule has 0 spiro atoms. The van der Waals surface area contributed by atoms with Crippen molar-refractivity contribution in [1.82, 2.24) is 15.5 Å². The summed E-state index contributed by atoms with van der Waals surface area (Å²) < 4.78 is 0. The summed E-state index contributed by atoms with van der Waals surface area (Å²) in [4.78, 5) is 28.1. The van der Waals surface area contributed by atoms with Crippen molar-refractivity contribution in [3.63, 3.8) is 0 Å². The lowest BCUT2D eigenvalue weighted by Crippen LogP contribution is -2.52. The molecule has 1 aliphatic rings. The summed E-state index contributed by atoms with van der Waals surface area (Å²) in [5, 5.41) is 15.4. The van der Waals surface area contributed by atoms with E-state index in [1.54, 1.807) is 19.1 Å². The largest absolute Gasteiger partial charge is 0.506 e. The Kier molecular flexibility index (Phi) is 7.06. The van der Waals surface area contributed by atoms with Gasteiger partial charge in [-0.2, -0.15) is 0 Å². The number of rotatable bonds is 7. The third kappa shape index (κ3) is 5.63. The highest BCUT2D eigenvalue weighted by atomic mass is 16.3. The van der Waals surface area contributed by atoms with Crippen LogP contribution in [-0.2, 0) is 9.59 Å². The van der Waals surface area contributed by atoms with E-state index < -0.39 is 6.04 Å². The second-order valence-corrected chi connectivity index (χ2v) is 6.33. The van der Waals surface area contributed by atoms with Crippen molar-refractivity contribution >= 4 is 17.5 Å². The van der Waals surface area contributed by atoms with Crippen LogP contribution in [0.2, 0.25) is 0 Å². The van der Waals surface area contributed by atoms with Crippen LogP contribution in [0.25, 0.3) is 0 Å². The lowest BCUT2D eigenvalue weighted by atomic mass is 10.2. The summed E-state index contributed by atoms with van der Waals surface area (Å²) in [7, 11) is 0. The summed E-state index contributed by atoms with van der Waals surface area (Å²) in [5.41, 5.74) is 0.827. The number of carbonyl (C=O) groups is 2. The molecule has 1 atom stereocenters. The first-order valence-corrected chi connectivity index (χ1v) is 8.83. The van der Waals surface area contributed by atoms with E-state index >= 15 is 0 Å². The van der Waals surface area contributed by atoms with Crippen LogP contribution >= 0.6 is 0 Å². The van der Waals surface area contributed by atoms with E-state index in [9.17, 15) is 14.7 Å². The molecule has 1 aromatic rings. The molecule has 1 fully saturated rings. The molecule has 0 aliphatic carbocycles. The summed E-state index contributed by atoms with van der Waals surface area (Å²) in [5.74, 6) is -0.0182. The number of benzene rings is 1. The number of anilines is 1. The lowest BCUT2D eigenvalue weighted by molar-refractivity contribution is -0.129. The number of para-hydroxylation sites is 2. The van der Waals surface area contributed by atoms with Crippen molar-refractivity contribution < 1.29 is 14.7 Å². The average Bonchev–Trinajstić information content (AvgIpc) is 2.60. The van der Waals surface area contributed by atoms with Gasteiger partial charge in [0, 0.05) is 32.7 Å². The van der Waals surface area contributed by atoms with Gasteiger partial charge in [0.1, 0.15) is 11.8 Å². The molecule has 7 nitrogen and oxygen atoms in total. The fourth-order valence-corrected chi connectivity index (χ4v) is 2.84. The van der Waals surface area contributed by atoms with Gasteiger partial charge in [-0.05, 0) is 25.5 Å². The zero-order valence-corrected chi connectivity index (χ0v) is 15.0. The van der Waals surface area contributed by atoms with Gasteiger partial charge in [-0.25, -0.2) is 0 Å². The monoisotopic (exact) mass is 348 g/mol. The maximum absolute atomic E-state index is 12.1. The number of phenolic OH excluding ortho intramolecular Hbond substituents is 1. The van der Waals surface area contributed by atoms with Crippen LogP contribution in [0.4, 0.5) is 5.69 Å². The van der Waals surface area contributed by atoms with Gasteiger partial charge in [0.05, 0.1) is 12.2 Å². The van der Waals surface area contributed by atoms with E-state index in [1.165, 1.54) is 0 Å². The Labute approximate surface area is 149 Å². The van der Waals surface area contributed by atoms with E-state index in [1.807, 2.05) is 19.1 Å². The number of phenols is 1. The molecule has 2 amide bonds. The third-order valence-electron chi connectivity index (χ3n) is 4.28. The van der Waals surface area contributed by atoms with Crippen LogP contribution in [0.3, 0.4) is 0 Å². The summed E-state index contributed by atoms with van der Waals surface area (Å²) in [6.45, 7) is 7.54. The maximum Gasteiger partial charge on any atom is 0.242 e. The van der Waals surface area contributed by atoms with Gasteiger partial charge in [0.25, 0.3) is 0 Å². The van der Waals surface area contributed by atoms with Crippen LogP contribution in [0, 0.1) is 0 Å². The quantitative estimate of drug-likeness (QED) is 0.670. The smallest absolute Gasteiger partial charge is 0.242 e. The number of nitrogens with zero attached hydrogens (tertiary/aromatic N) is 2. The Bertz CT molecular complexity index is 585. The fourth-order valence-electron chi connectivity index (χ4n) is 2.84. The molecule has 0 bridgehead atoms. The first-order valence-electron chi connectivity index (χ1n) is 8.83. The van der Waals surface area contributed by atoms with E-state index in [0.717, 1.165) is 38.3 Å². The van der Waals surface area contributed by atoms with Gasteiger partial charge in [0.2, 0.25) is 11.8 Å². The number of carbonyl (C=O) groups excluding carboxylic acids is 2. The van der Waals surface area contributed by atoms with Gasteiger partial charge in [-0.15, -0.1) is 0 Å². The topological polar surface area (TPSA) is 84.9 Å². The molecule has 0 saturated carbocycles. The molecular weight excluding hydrogens is 320 g/mol. The van der Waals surface area contributed by atoms with Crippen molar-refractivity contribution in [2.24, 2.45) is 0 Å². The minimum Gasteiger partial charge on any atom is -0.506 e.